The highest BCUT2D eigenvalue weighted by Gasteiger charge is 2.45. The van der Waals surface area contributed by atoms with Crippen LogP contribution in [0.3, 0.4) is 0 Å². The molecule has 1 atom stereocenters. The molecular weight excluding hydrogens is 318 g/mol. The first-order valence-electron chi connectivity index (χ1n) is 8.31. The number of ketones is 1. The number of likely N-dealkylation sites (tertiary alicyclic amines) is 1. The Balaban J connectivity index is 1.90. The summed E-state index contributed by atoms with van der Waals surface area (Å²) in [6.07, 6.45) is 1.27. The van der Waals surface area contributed by atoms with Crippen LogP contribution >= 0.6 is 0 Å². The van der Waals surface area contributed by atoms with Crippen LogP contribution in [0.25, 0.3) is 0 Å². The van der Waals surface area contributed by atoms with Crippen molar-refractivity contribution in [3.63, 3.8) is 0 Å². The number of rotatable bonds is 4. The number of carbonyl (C=O) groups excluding carboxylic acids is 2. The lowest BCUT2D eigenvalue weighted by Gasteiger charge is -2.39. The summed E-state index contributed by atoms with van der Waals surface area (Å²) in [5.74, 6) is -0.657. The molecule has 3 rings (SSSR count). The molecule has 130 valence electrons. The van der Waals surface area contributed by atoms with E-state index in [2.05, 4.69) is 0 Å². The van der Waals surface area contributed by atoms with Gasteiger partial charge in [-0.05, 0) is 50.7 Å². The molecule has 1 fully saturated rings. The minimum absolute atomic E-state index is 0.0732. The van der Waals surface area contributed by atoms with Crippen molar-refractivity contribution in [1.82, 2.24) is 4.90 Å². The van der Waals surface area contributed by atoms with E-state index in [-0.39, 0.29) is 11.5 Å². The molecule has 1 saturated heterocycles. The average molecular weight is 339 g/mol. The average Bonchev–Trinajstić information content (AvgIpc) is 2.62. The minimum Gasteiger partial charge on any atom is -0.508 e. The Hall–Kier alpha value is -2.66. The molecule has 2 aromatic rings. The van der Waals surface area contributed by atoms with E-state index >= 15 is 0 Å². The molecule has 0 spiro atoms. The number of aromatic hydroxyl groups is 1. The van der Waals surface area contributed by atoms with Crippen molar-refractivity contribution in [3.05, 3.63) is 65.7 Å². The summed E-state index contributed by atoms with van der Waals surface area (Å²) in [5.41, 5.74) is -0.342. The number of benzene rings is 2. The molecule has 2 aromatic carbocycles. The maximum atomic E-state index is 13.1. The van der Waals surface area contributed by atoms with Gasteiger partial charge >= 0.3 is 5.97 Å². The van der Waals surface area contributed by atoms with Gasteiger partial charge in [-0.1, -0.05) is 30.3 Å². The van der Waals surface area contributed by atoms with Gasteiger partial charge in [-0.2, -0.15) is 0 Å². The Morgan fingerprint density at radius 2 is 1.72 bits per heavy atom. The van der Waals surface area contributed by atoms with Crippen molar-refractivity contribution in [2.75, 3.05) is 20.1 Å². The SMILES string of the molecule is CN1CCCC(OC(=O)c2ccc(O)cc2)(C(=O)c2ccccc2)C1. The van der Waals surface area contributed by atoms with E-state index in [1.165, 1.54) is 24.3 Å². The van der Waals surface area contributed by atoms with Crippen molar-refractivity contribution in [3.8, 4) is 5.75 Å². The van der Waals surface area contributed by atoms with E-state index in [0.717, 1.165) is 13.0 Å². The van der Waals surface area contributed by atoms with Gasteiger partial charge in [-0.15, -0.1) is 0 Å². The Morgan fingerprint density at radius 3 is 2.36 bits per heavy atom. The van der Waals surface area contributed by atoms with Crippen molar-refractivity contribution in [2.45, 2.75) is 18.4 Å². The maximum absolute atomic E-state index is 13.1. The number of phenols is 1. The number of hydrogen-bond acceptors (Lipinski definition) is 5. The van der Waals surface area contributed by atoms with Crippen molar-refractivity contribution >= 4 is 11.8 Å². The fourth-order valence-electron chi connectivity index (χ4n) is 3.23. The number of Topliss-reactive ketones (excluding diaryl/α,β-unsaturated/α-hetero) is 1. The van der Waals surface area contributed by atoms with Crippen LogP contribution in [0.2, 0.25) is 0 Å². The molecule has 5 nitrogen and oxygen atoms in total. The Labute approximate surface area is 146 Å². The zero-order chi connectivity index (χ0) is 17.9. The number of phenolic OH excluding ortho intramolecular Hbond substituents is 1. The van der Waals surface area contributed by atoms with Crippen LogP contribution in [0, 0.1) is 0 Å². The Bertz CT molecular complexity index is 757. The highest BCUT2D eigenvalue weighted by atomic mass is 16.6. The van der Waals surface area contributed by atoms with Gasteiger partial charge in [0.2, 0.25) is 5.78 Å². The van der Waals surface area contributed by atoms with Gasteiger partial charge in [0.15, 0.2) is 5.60 Å². The molecule has 1 heterocycles. The summed E-state index contributed by atoms with van der Waals surface area (Å²) < 4.78 is 5.78. The molecule has 1 aliphatic heterocycles. The summed E-state index contributed by atoms with van der Waals surface area (Å²) in [4.78, 5) is 27.7. The van der Waals surface area contributed by atoms with Crippen LogP contribution in [-0.2, 0) is 4.74 Å². The number of likely N-dealkylation sites (N-methyl/N-ethyl adjacent to an activating group) is 1. The highest BCUT2D eigenvalue weighted by molar-refractivity contribution is 6.04. The Kier molecular flexibility index (Phi) is 4.86. The molecular formula is C20H21NO4. The quantitative estimate of drug-likeness (QED) is 0.685. The summed E-state index contributed by atoms with van der Waals surface area (Å²) >= 11 is 0. The van der Waals surface area contributed by atoms with Crippen LogP contribution in [-0.4, -0.2) is 47.5 Å². The van der Waals surface area contributed by atoms with Gasteiger partial charge in [0.05, 0.1) is 5.56 Å². The summed E-state index contributed by atoms with van der Waals surface area (Å²) in [7, 11) is 1.92. The predicted octanol–water partition coefficient (Wildman–Crippen LogP) is 2.90. The standard InChI is InChI=1S/C20H21NO4/c1-21-13-5-12-20(14-21,18(23)15-6-3-2-4-7-15)25-19(24)16-8-10-17(22)11-9-16/h2-4,6-11,22H,5,12-14H2,1H3. The molecule has 1 N–H and O–H groups in total. The molecule has 0 bridgehead atoms. The first-order chi connectivity index (χ1) is 12.0. The monoisotopic (exact) mass is 339 g/mol. The van der Waals surface area contributed by atoms with Crippen LogP contribution in [0.5, 0.6) is 5.75 Å². The molecule has 1 aliphatic rings. The fraction of sp³-hybridized carbons (Fsp3) is 0.300. The summed E-state index contributed by atoms with van der Waals surface area (Å²) in [5, 5.41) is 9.37. The first kappa shape index (κ1) is 17.2. The highest BCUT2D eigenvalue weighted by Crippen LogP contribution is 2.30. The van der Waals surface area contributed by atoms with Gasteiger partial charge in [0.1, 0.15) is 5.75 Å². The third kappa shape index (κ3) is 3.72. The molecule has 0 aliphatic carbocycles. The van der Waals surface area contributed by atoms with Gasteiger partial charge in [-0.3, -0.25) is 4.79 Å². The number of carbonyl (C=O) groups is 2. The van der Waals surface area contributed by atoms with Gasteiger partial charge in [0, 0.05) is 12.1 Å². The summed E-state index contributed by atoms with van der Waals surface area (Å²) in [6, 6.07) is 14.8. The number of hydrogen-bond donors (Lipinski definition) is 1. The largest absolute Gasteiger partial charge is 0.508 e. The predicted molar refractivity (Wildman–Crippen MR) is 93.8 cm³/mol. The van der Waals surface area contributed by atoms with Crippen LogP contribution in [0.4, 0.5) is 0 Å². The van der Waals surface area contributed by atoms with Crippen LogP contribution in [0.1, 0.15) is 33.6 Å². The van der Waals surface area contributed by atoms with E-state index in [0.29, 0.717) is 24.1 Å². The first-order valence-corrected chi connectivity index (χ1v) is 8.31. The van der Waals surface area contributed by atoms with E-state index in [4.69, 9.17) is 4.74 Å². The fourth-order valence-corrected chi connectivity index (χ4v) is 3.23. The molecule has 1 unspecified atom stereocenters. The molecule has 25 heavy (non-hydrogen) atoms. The topological polar surface area (TPSA) is 66.8 Å². The molecule has 0 radical (unpaired) electrons. The van der Waals surface area contributed by atoms with Crippen molar-refractivity contribution in [1.29, 1.82) is 0 Å². The number of piperidine rings is 1. The lowest BCUT2D eigenvalue weighted by Crippen LogP contribution is -2.54. The smallest absolute Gasteiger partial charge is 0.339 e. The maximum Gasteiger partial charge on any atom is 0.339 e. The van der Waals surface area contributed by atoms with E-state index in [1.54, 1.807) is 24.3 Å². The second-order valence-corrected chi connectivity index (χ2v) is 6.47. The number of ether oxygens (including phenoxy) is 1. The van der Waals surface area contributed by atoms with Gasteiger partial charge < -0.3 is 14.7 Å². The van der Waals surface area contributed by atoms with Gasteiger partial charge in [-0.25, -0.2) is 4.79 Å². The Morgan fingerprint density at radius 1 is 1.04 bits per heavy atom. The summed E-state index contributed by atoms with van der Waals surface area (Å²) in [6.45, 7) is 1.23. The molecule has 5 heteroatoms. The normalized spacial score (nSPS) is 20.8. The van der Waals surface area contributed by atoms with Crippen LogP contribution in [0.15, 0.2) is 54.6 Å². The van der Waals surface area contributed by atoms with E-state index < -0.39 is 11.6 Å². The minimum atomic E-state index is -1.19. The zero-order valence-electron chi connectivity index (χ0n) is 14.1. The second kappa shape index (κ2) is 7.07. The van der Waals surface area contributed by atoms with Crippen LogP contribution < -0.4 is 0 Å². The third-order valence-corrected chi connectivity index (χ3v) is 4.49. The number of nitrogens with zero attached hydrogens (tertiary/aromatic N) is 1. The van der Waals surface area contributed by atoms with E-state index in [9.17, 15) is 14.7 Å². The van der Waals surface area contributed by atoms with Crippen molar-refractivity contribution < 1.29 is 19.4 Å². The lowest BCUT2D eigenvalue weighted by molar-refractivity contribution is -0.0364. The molecule has 0 amide bonds. The van der Waals surface area contributed by atoms with E-state index in [1.807, 2.05) is 18.0 Å². The third-order valence-electron chi connectivity index (χ3n) is 4.49. The zero-order valence-corrected chi connectivity index (χ0v) is 14.1. The molecule has 0 aromatic heterocycles. The lowest BCUT2D eigenvalue weighted by atomic mass is 9.85. The second-order valence-electron chi connectivity index (χ2n) is 6.47. The number of esters is 1. The molecule has 0 saturated carbocycles. The van der Waals surface area contributed by atoms with Crippen molar-refractivity contribution in [2.24, 2.45) is 0 Å². The van der Waals surface area contributed by atoms with Gasteiger partial charge in [0.25, 0.3) is 0 Å².